The van der Waals surface area contributed by atoms with E-state index >= 15 is 0 Å². The van der Waals surface area contributed by atoms with Crippen LogP contribution in [0.15, 0.2) is 39.9 Å². The quantitative estimate of drug-likeness (QED) is 0.230. The van der Waals surface area contributed by atoms with Crippen molar-refractivity contribution in [2.75, 3.05) is 0 Å². The first kappa shape index (κ1) is 20.5. The first-order chi connectivity index (χ1) is 15.5. The van der Waals surface area contributed by atoms with Crippen LogP contribution >= 0.6 is 22.9 Å². The predicted octanol–water partition coefficient (Wildman–Crippen LogP) is 5.56. The summed E-state index contributed by atoms with van der Waals surface area (Å²) < 4.78 is 6.71. The van der Waals surface area contributed by atoms with Gasteiger partial charge in [0.2, 0.25) is 5.75 Å². The monoisotopic (exact) mass is 469 g/mol. The van der Waals surface area contributed by atoms with Crippen molar-refractivity contribution in [3.05, 3.63) is 67.2 Å². The van der Waals surface area contributed by atoms with Crippen molar-refractivity contribution in [3.8, 4) is 5.75 Å². The molecule has 0 bridgehead atoms. The SMILES string of the molecule is O=C(NN=Cc1c(O)c([N+](=O)[O-])cc2oc3c(c12)CCCC3)c1sc2ccccc2c1Cl. The molecule has 1 aliphatic rings. The van der Waals surface area contributed by atoms with E-state index in [1.54, 1.807) is 0 Å². The summed E-state index contributed by atoms with van der Waals surface area (Å²) in [5.41, 5.74) is 3.30. The smallest absolute Gasteiger partial charge is 0.315 e. The van der Waals surface area contributed by atoms with Crippen LogP contribution in [0, 0.1) is 10.1 Å². The molecule has 2 heterocycles. The van der Waals surface area contributed by atoms with E-state index < -0.39 is 22.3 Å². The van der Waals surface area contributed by atoms with Gasteiger partial charge in [-0.3, -0.25) is 14.9 Å². The Morgan fingerprint density at radius 2 is 2.09 bits per heavy atom. The highest BCUT2D eigenvalue weighted by molar-refractivity contribution is 7.21. The van der Waals surface area contributed by atoms with Gasteiger partial charge >= 0.3 is 5.69 Å². The lowest BCUT2D eigenvalue weighted by atomic mass is 9.93. The lowest BCUT2D eigenvalue weighted by molar-refractivity contribution is -0.385. The molecule has 1 amide bonds. The number of carbonyl (C=O) groups excluding carboxylic acids is 1. The van der Waals surface area contributed by atoms with Gasteiger partial charge in [-0.2, -0.15) is 5.10 Å². The molecule has 0 atom stereocenters. The molecular formula is C22H16ClN3O5S. The average molecular weight is 470 g/mol. The minimum Gasteiger partial charge on any atom is -0.502 e. The number of fused-ring (bicyclic) bond motifs is 4. The Morgan fingerprint density at radius 3 is 2.88 bits per heavy atom. The van der Waals surface area contributed by atoms with Crippen LogP contribution in [0.4, 0.5) is 5.69 Å². The fourth-order valence-electron chi connectivity index (χ4n) is 4.06. The van der Waals surface area contributed by atoms with Gasteiger partial charge in [-0.1, -0.05) is 29.8 Å². The standard InChI is InChI=1S/C22H16ClN3O5S/c23-19-12-6-2-4-8-17(12)32-21(19)22(28)25-24-10-13-18-11-5-1-3-7-15(11)31-16(18)9-14(20(13)27)26(29)30/h2,4,6,8-10,27H,1,3,5,7H2,(H,25,28). The van der Waals surface area contributed by atoms with Gasteiger partial charge in [-0.15, -0.1) is 11.3 Å². The number of amides is 1. The van der Waals surface area contributed by atoms with Gasteiger partial charge in [0.1, 0.15) is 16.2 Å². The van der Waals surface area contributed by atoms with Gasteiger partial charge in [0.05, 0.1) is 27.8 Å². The molecule has 2 N–H and O–H groups in total. The van der Waals surface area contributed by atoms with Gasteiger partial charge in [0.25, 0.3) is 5.91 Å². The van der Waals surface area contributed by atoms with Crippen molar-refractivity contribution in [1.29, 1.82) is 0 Å². The fourth-order valence-corrected chi connectivity index (χ4v) is 5.47. The second kappa shape index (κ2) is 7.92. The number of nitro groups is 1. The topological polar surface area (TPSA) is 118 Å². The molecule has 162 valence electrons. The van der Waals surface area contributed by atoms with Crippen LogP contribution in [0.1, 0.15) is 39.4 Å². The summed E-state index contributed by atoms with van der Waals surface area (Å²) in [5, 5.41) is 27.7. The van der Waals surface area contributed by atoms with E-state index in [9.17, 15) is 20.0 Å². The normalized spacial score (nSPS) is 13.7. The molecule has 10 heteroatoms. The number of nitrogens with zero attached hydrogens (tertiary/aromatic N) is 2. The average Bonchev–Trinajstić information content (AvgIpc) is 3.32. The Bertz CT molecular complexity index is 1440. The van der Waals surface area contributed by atoms with Crippen LogP contribution in [0.3, 0.4) is 0 Å². The summed E-state index contributed by atoms with van der Waals surface area (Å²) in [5.74, 6) is -0.265. The van der Waals surface area contributed by atoms with Crippen LogP contribution in [-0.4, -0.2) is 22.2 Å². The van der Waals surface area contributed by atoms with Crippen molar-refractivity contribution < 1.29 is 19.2 Å². The molecule has 8 nitrogen and oxygen atoms in total. The van der Waals surface area contributed by atoms with Gasteiger partial charge in [0.15, 0.2) is 0 Å². The Labute approximate surface area is 190 Å². The number of hydrazone groups is 1. The molecule has 2 aromatic carbocycles. The number of hydrogen-bond donors (Lipinski definition) is 2. The third kappa shape index (κ3) is 3.30. The maximum Gasteiger partial charge on any atom is 0.315 e. The Balaban J connectivity index is 1.53. The fraction of sp³-hybridized carbons (Fsp3) is 0.182. The number of phenolic OH excluding ortho intramolecular Hbond substituents is 1. The summed E-state index contributed by atoms with van der Waals surface area (Å²) in [6.45, 7) is 0. The zero-order valence-electron chi connectivity index (χ0n) is 16.6. The highest BCUT2D eigenvalue weighted by atomic mass is 35.5. The van der Waals surface area contributed by atoms with Gasteiger partial charge in [0, 0.05) is 27.5 Å². The van der Waals surface area contributed by atoms with Crippen molar-refractivity contribution in [2.24, 2.45) is 5.10 Å². The summed E-state index contributed by atoms with van der Waals surface area (Å²) >= 11 is 7.58. The van der Waals surface area contributed by atoms with Gasteiger partial charge < -0.3 is 9.52 Å². The van der Waals surface area contributed by atoms with E-state index in [2.05, 4.69) is 10.5 Å². The van der Waals surface area contributed by atoms with E-state index in [0.29, 0.717) is 20.9 Å². The van der Waals surface area contributed by atoms with E-state index in [0.717, 1.165) is 47.1 Å². The number of carbonyl (C=O) groups is 1. The predicted molar refractivity (Wildman–Crippen MR) is 123 cm³/mol. The number of hydrogen-bond acceptors (Lipinski definition) is 7. The van der Waals surface area contributed by atoms with E-state index in [1.807, 2.05) is 24.3 Å². The van der Waals surface area contributed by atoms with E-state index in [1.165, 1.54) is 23.6 Å². The van der Waals surface area contributed by atoms with E-state index in [-0.39, 0.29) is 5.56 Å². The van der Waals surface area contributed by atoms with Crippen molar-refractivity contribution >= 4 is 61.8 Å². The zero-order chi connectivity index (χ0) is 22.4. The molecular weight excluding hydrogens is 454 g/mol. The maximum absolute atomic E-state index is 12.6. The highest BCUT2D eigenvalue weighted by Gasteiger charge is 2.27. The largest absolute Gasteiger partial charge is 0.502 e. The molecule has 0 unspecified atom stereocenters. The molecule has 1 aliphatic carbocycles. The first-order valence-electron chi connectivity index (χ1n) is 9.90. The molecule has 4 aromatic rings. The van der Waals surface area contributed by atoms with Crippen LogP contribution in [0.2, 0.25) is 5.02 Å². The van der Waals surface area contributed by atoms with Crippen LogP contribution in [-0.2, 0) is 12.8 Å². The molecule has 0 radical (unpaired) electrons. The number of phenols is 1. The molecule has 32 heavy (non-hydrogen) atoms. The number of nitro benzene ring substituents is 1. The second-order valence-electron chi connectivity index (χ2n) is 7.44. The number of aromatic hydroxyl groups is 1. The summed E-state index contributed by atoms with van der Waals surface area (Å²) in [6, 6.07) is 8.62. The summed E-state index contributed by atoms with van der Waals surface area (Å²) in [7, 11) is 0. The van der Waals surface area contributed by atoms with Crippen LogP contribution < -0.4 is 5.43 Å². The number of aryl methyl sites for hydroxylation is 2. The molecule has 0 fully saturated rings. The molecule has 0 spiro atoms. The lowest BCUT2D eigenvalue weighted by Gasteiger charge is -2.10. The van der Waals surface area contributed by atoms with Gasteiger partial charge in [-0.05, 0) is 25.3 Å². The number of nitrogens with one attached hydrogen (secondary N) is 1. The number of furan rings is 1. The number of benzene rings is 2. The maximum atomic E-state index is 12.6. The minimum absolute atomic E-state index is 0.142. The second-order valence-corrected chi connectivity index (χ2v) is 8.87. The molecule has 0 aliphatic heterocycles. The Hall–Kier alpha value is -3.43. The lowest BCUT2D eigenvalue weighted by Crippen LogP contribution is -2.16. The molecule has 0 saturated heterocycles. The van der Waals surface area contributed by atoms with Crippen molar-refractivity contribution in [2.45, 2.75) is 25.7 Å². The first-order valence-corrected chi connectivity index (χ1v) is 11.1. The van der Waals surface area contributed by atoms with Crippen LogP contribution in [0.25, 0.3) is 21.1 Å². The molecule has 0 saturated carbocycles. The van der Waals surface area contributed by atoms with Crippen molar-refractivity contribution in [3.63, 3.8) is 0 Å². The van der Waals surface area contributed by atoms with Gasteiger partial charge in [-0.25, -0.2) is 5.43 Å². The zero-order valence-corrected chi connectivity index (χ0v) is 18.1. The Morgan fingerprint density at radius 1 is 1.31 bits per heavy atom. The van der Waals surface area contributed by atoms with Crippen molar-refractivity contribution in [1.82, 2.24) is 5.43 Å². The summed E-state index contributed by atoms with van der Waals surface area (Å²) in [4.78, 5) is 23.7. The highest BCUT2D eigenvalue weighted by Crippen LogP contribution is 2.41. The minimum atomic E-state index is -0.677. The number of rotatable bonds is 4. The number of thiophene rings is 1. The molecule has 2 aromatic heterocycles. The third-order valence-electron chi connectivity index (χ3n) is 5.53. The number of halogens is 1. The van der Waals surface area contributed by atoms with Crippen LogP contribution in [0.5, 0.6) is 5.75 Å². The Kier molecular flexibility index (Phi) is 5.07. The molecule has 5 rings (SSSR count). The van der Waals surface area contributed by atoms with E-state index in [4.69, 9.17) is 16.0 Å². The summed E-state index contributed by atoms with van der Waals surface area (Å²) in [6.07, 6.45) is 4.61. The third-order valence-corrected chi connectivity index (χ3v) is 7.21.